The van der Waals surface area contributed by atoms with Crippen molar-refractivity contribution >= 4 is 69.3 Å². The fourth-order valence-corrected chi connectivity index (χ4v) is 18.0. The molecule has 0 aliphatic carbocycles. The summed E-state index contributed by atoms with van der Waals surface area (Å²) in [6.45, 7) is 10.0. The molecule has 0 radical (unpaired) electrons. The van der Waals surface area contributed by atoms with E-state index < -0.39 is 16.1 Å². The number of pyridine rings is 1. The summed E-state index contributed by atoms with van der Waals surface area (Å²) in [5.74, 6) is 0. The first-order chi connectivity index (χ1) is 32.3. The molecule has 2 aliphatic heterocycles. The van der Waals surface area contributed by atoms with Crippen molar-refractivity contribution in [1.82, 2.24) is 4.98 Å². The maximum atomic E-state index is 5.69. The number of fused-ring (bicyclic) bond motifs is 9. The lowest BCUT2D eigenvalue weighted by molar-refractivity contribution is 1.40. The molecule has 3 heteroatoms. The minimum atomic E-state index is -1.91. The molecule has 13 rings (SSSR count). The third-order valence-electron chi connectivity index (χ3n) is 15.1. The van der Waals surface area contributed by atoms with Crippen LogP contribution < -0.4 is 20.7 Å². The van der Waals surface area contributed by atoms with Gasteiger partial charge in [-0.1, -0.05) is 232 Å². The Kier molecular flexibility index (Phi) is 8.58. The van der Waals surface area contributed by atoms with Gasteiger partial charge in [-0.2, -0.15) is 0 Å². The lowest BCUT2D eigenvalue weighted by Gasteiger charge is -2.21. The highest BCUT2D eigenvalue weighted by molar-refractivity contribution is 7.04. The Morgan fingerprint density at radius 3 is 1.26 bits per heavy atom. The minimum absolute atomic E-state index is 1.02. The fourth-order valence-electron chi connectivity index (χ4n) is 11.8. The van der Waals surface area contributed by atoms with E-state index in [1.165, 1.54) is 109 Å². The molecular weight excluding hydrogens is 827 g/mol. The predicted molar refractivity (Wildman–Crippen MR) is 288 cm³/mol. The zero-order valence-corrected chi connectivity index (χ0v) is 39.7. The van der Waals surface area contributed by atoms with Gasteiger partial charge in [-0.3, -0.25) is 0 Å². The van der Waals surface area contributed by atoms with Crippen LogP contribution in [0.2, 0.25) is 26.2 Å². The maximum absolute atomic E-state index is 5.69. The molecule has 0 N–H and O–H groups in total. The molecule has 1 aromatic heterocycles. The molecule has 312 valence electrons. The highest BCUT2D eigenvalue weighted by Gasteiger charge is 2.39. The number of benzene rings is 10. The molecule has 0 unspecified atom stereocenters. The van der Waals surface area contributed by atoms with Crippen molar-refractivity contribution in [2.24, 2.45) is 0 Å². The van der Waals surface area contributed by atoms with Crippen LogP contribution in [0.15, 0.2) is 212 Å². The van der Waals surface area contributed by atoms with Gasteiger partial charge < -0.3 is 0 Å². The van der Waals surface area contributed by atoms with Crippen LogP contribution >= 0.6 is 0 Å². The van der Waals surface area contributed by atoms with Crippen molar-refractivity contribution in [2.75, 3.05) is 0 Å². The topological polar surface area (TPSA) is 12.9 Å². The van der Waals surface area contributed by atoms with Gasteiger partial charge in [-0.05, 0) is 110 Å². The monoisotopic (exact) mass is 873 g/mol. The highest BCUT2D eigenvalue weighted by atomic mass is 28.3. The van der Waals surface area contributed by atoms with Crippen molar-refractivity contribution in [2.45, 2.75) is 26.2 Å². The number of hydrogen-bond acceptors (Lipinski definition) is 1. The van der Waals surface area contributed by atoms with E-state index in [9.17, 15) is 0 Å². The Morgan fingerprint density at radius 1 is 0.273 bits per heavy atom. The van der Waals surface area contributed by atoms with Gasteiger partial charge in [0.1, 0.15) is 16.1 Å². The Bertz CT molecular complexity index is 3750. The highest BCUT2D eigenvalue weighted by Crippen LogP contribution is 2.45. The molecule has 0 fully saturated rings. The first-order valence-corrected chi connectivity index (χ1v) is 29.3. The van der Waals surface area contributed by atoms with Crippen molar-refractivity contribution < 1.29 is 0 Å². The molecule has 11 aromatic rings. The van der Waals surface area contributed by atoms with Gasteiger partial charge in [0.2, 0.25) is 0 Å². The first kappa shape index (κ1) is 39.0. The Hall–Kier alpha value is -7.44. The number of para-hydroxylation sites is 1. The van der Waals surface area contributed by atoms with Crippen LogP contribution in [-0.4, -0.2) is 21.1 Å². The van der Waals surface area contributed by atoms with Gasteiger partial charge in [-0.25, -0.2) is 4.98 Å². The van der Waals surface area contributed by atoms with E-state index in [0.717, 1.165) is 22.3 Å². The van der Waals surface area contributed by atoms with Crippen molar-refractivity contribution in [3.8, 4) is 78.0 Å². The van der Waals surface area contributed by atoms with Gasteiger partial charge in [0.15, 0.2) is 0 Å². The van der Waals surface area contributed by atoms with Gasteiger partial charge in [0.05, 0.1) is 11.2 Å². The standard InChI is InChI=1S/C63H47NSi2/c1-65(2)57-27-14-12-19-46(57)48-35-33-43(37-59(48)65)55-39-56(44-34-36-49-47-20-13-15-28-58(47)66(3,4)60(49)38-44)64-63-45(25-16-26-54(55)63)40-29-31-42(32-30-40)62-52-23-10-8-21-50(52)61(41-17-6-5-7-18-41)51-22-9-11-24-53(51)62/h5-39H,1-4H3. The Labute approximate surface area is 388 Å². The summed E-state index contributed by atoms with van der Waals surface area (Å²) in [5.41, 5.74) is 18.6. The molecule has 0 spiro atoms. The SMILES string of the molecule is C[Si]1(C)c2ccccc2-c2ccc(-c3cc(-c4ccc5c(c4)[Si](C)(C)c4ccccc4-5)c4cccc(-c5ccc(-c6c7ccccc7c(-c7ccccc7)c7ccccc67)cc5)c4n3)cc21. The number of hydrogen-bond donors (Lipinski definition) is 0. The summed E-state index contributed by atoms with van der Waals surface area (Å²) in [6.07, 6.45) is 0. The minimum Gasteiger partial charge on any atom is -0.247 e. The molecular formula is C63H47NSi2. The first-order valence-electron chi connectivity index (χ1n) is 23.3. The molecule has 1 nitrogen and oxygen atoms in total. The van der Waals surface area contributed by atoms with Gasteiger partial charge in [-0.15, -0.1) is 0 Å². The van der Waals surface area contributed by atoms with Crippen LogP contribution in [0.3, 0.4) is 0 Å². The second-order valence-corrected chi connectivity index (χ2v) is 28.1. The molecule has 66 heavy (non-hydrogen) atoms. The summed E-state index contributed by atoms with van der Waals surface area (Å²) in [6, 6.07) is 79.6. The molecule has 0 atom stereocenters. The summed E-state index contributed by atoms with van der Waals surface area (Å²) in [4.78, 5) is 5.69. The fraction of sp³-hybridized carbons (Fsp3) is 0.0635. The summed E-state index contributed by atoms with van der Waals surface area (Å²) in [7, 11) is -3.82. The third kappa shape index (κ3) is 5.73. The van der Waals surface area contributed by atoms with E-state index in [2.05, 4.69) is 239 Å². The third-order valence-corrected chi connectivity index (χ3v) is 22.2. The van der Waals surface area contributed by atoms with Gasteiger partial charge in [0, 0.05) is 16.5 Å². The number of nitrogens with zero attached hydrogens (tertiary/aromatic N) is 1. The van der Waals surface area contributed by atoms with Crippen LogP contribution in [0.1, 0.15) is 0 Å². The van der Waals surface area contributed by atoms with Crippen LogP contribution in [0, 0.1) is 0 Å². The zero-order chi connectivity index (χ0) is 44.3. The molecule has 0 bridgehead atoms. The lowest BCUT2D eigenvalue weighted by atomic mass is 9.85. The van der Waals surface area contributed by atoms with E-state index >= 15 is 0 Å². The normalized spacial score (nSPS) is 14.0. The van der Waals surface area contributed by atoms with Crippen molar-refractivity contribution in [3.63, 3.8) is 0 Å². The van der Waals surface area contributed by atoms with Crippen LogP contribution in [0.25, 0.3) is 110 Å². The van der Waals surface area contributed by atoms with E-state index in [1.54, 1.807) is 0 Å². The molecule has 0 amide bonds. The summed E-state index contributed by atoms with van der Waals surface area (Å²) >= 11 is 0. The molecule has 2 aliphatic rings. The van der Waals surface area contributed by atoms with E-state index in [4.69, 9.17) is 4.98 Å². The molecule has 0 saturated heterocycles. The van der Waals surface area contributed by atoms with E-state index in [-0.39, 0.29) is 0 Å². The van der Waals surface area contributed by atoms with Crippen LogP contribution in [0.5, 0.6) is 0 Å². The largest absolute Gasteiger partial charge is 0.247 e. The van der Waals surface area contributed by atoms with Gasteiger partial charge in [0.25, 0.3) is 0 Å². The van der Waals surface area contributed by atoms with Crippen LogP contribution in [0.4, 0.5) is 0 Å². The number of rotatable bonds is 5. The predicted octanol–water partition coefficient (Wildman–Crippen LogP) is 14.5. The van der Waals surface area contributed by atoms with Crippen molar-refractivity contribution in [3.05, 3.63) is 212 Å². The molecule has 10 aromatic carbocycles. The Morgan fingerprint density at radius 2 is 0.682 bits per heavy atom. The maximum Gasteiger partial charge on any atom is 0.113 e. The smallest absolute Gasteiger partial charge is 0.113 e. The molecule has 3 heterocycles. The summed E-state index contributed by atoms with van der Waals surface area (Å²) < 4.78 is 0. The number of aromatic nitrogens is 1. The second kappa shape index (κ2) is 14.5. The Balaban J connectivity index is 0.997. The summed E-state index contributed by atoms with van der Waals surface area (Å²) in [5, 5.41) is 12.3. The van der Waals surface area contributed by atoms with E-state index in [0.29, 0.717) is 0 Å². The molecule has 0 saturated carbocycles. The van der Waals surface area contributed by atoms with E-state index in [1.807, 2.05) is 0 Å². The average molecular weight is 874 g/mol. The van der Waals surface area contributed by atoms with Crippen molar-refractivity contribution in [1.29, 1.82) is 0 Å². The van der Waals surface area contributed by atoms with Crippen LogP contribution in [-0.2, 0) is 0 Å². The second-order valence-electron chi connectivity index (χ2n) is 19.4. The van der Waals surface area contributed by atoms with Gasteiger partial charge >= 0.3 is 0 Å². The quantitative estimate of drug-likeness (QED) is 0.124. The average Bonchev–Trinajstić information content (AvgIpc) is 3.74. The lowest BCUT2D eigenvalue weighted by Crippen LogP contribution is -2.49. The zero-order valence-electron chi connectivity index (χ0n) is 37.7.